The number of pyridine rings is 1. The smallest absolute Gasteiger partial charge is 0.180 e. The number of aromatic nitrogens is 2. The number of halogens is 1. The molecule has 2 heterocycles. The van der Waals surface area contributed by atoms with Crippen LogP contribution in [-0.4, -0.2) is 16.5 Å². The number of ether oxygens (including phenoxy) is 2. The maximum absolute atomic E-state index is 13.8. The summed E-state index contributed by atoms with van der Waals surface area (Å²) < 4.78 is 26.7. The van der Waals surface area contributed by atoms with Crippen molar-refractivity contribution in [3.63, 3.8) is 0 Å². The second kappa shape index (κ2) is 6.99. The van der Waals surface area contributed by atoms with Gasteiger partial charge in [0.25, 0.3) is 0 Å². The summed E-state index contributed by atoms with van der Waals surface area (Å²) in [4.78, 5) is 4.66. The first-order valence-electron chi connectivity index (χ1n) is 8.43. The minimum atomic E-state index is -0.290. The third kappa shape index (κ3) is 3.29. The highest BCUT2D eigenvalue weighted by atomic mass is 19.1. The number of methoxy groups -OCH3 is 1. The van der Waals surface area contributed by atoms with Crippen molar-refractivity contribution in [2.75, 3.05) is 12.8 Å². The van der Waals surface area contributed by atoms with Crippen LogP contribution in [0.15, 0.2) is 67.0 Å². The molecule has 0 atom stereocenters. The van der Waals surface area contributed by atoms with E-state index in [2.05, 4.69) is 4.98 Å². The zero-order chi connectivity index (χ0) is 18.8. The Labute approximate surface area is 155 Å². The van der Waals surface area contributed by atoms with Crippen molar-refractivity contribution in [3.05, 3.63) is 78.4 Å². The molecule has 0 spiro atoms. The fraction of sp³-hybridized carbons (Fsp3) is 0.0952. The van der Waals surface area contributed by atoms with Crippen LogP contribution in [0.2, 0.25) is 0 Å². The monoisotopic (exact) mass is 363 g/mol. The molecular weight excluding hydrogens is 345 g/mol. The highest BCUT2D eigenvalue weighted by Crippen LogP contribution is 2.30. The fourth-order valence-corrected chi connectivity index (χ4v) is 2.90. The predicted octanol–water partition coefficient (Wildman–Crippen LogP) is 4.31. The molecule has 0 radical (unpaired) electrons. The first-order chi connectivity index (χ1) is 13.2. The number of nitrogen functional groups attached to an aromatic ring is 1. The van der Waals surface area contributed by atoms with Crippen LogP contribution in [0.3, 0.4) is 0 Å². The van der Waals surface area contributed by atoms with E-state index in [4.69, 9.17) is 15.2 Å². The molecule has 0 saturated heterocycles. The van der Waals surface area contributed by atoms with Crippen LogP contribution in [0.1, 0.15) is 5.56 Å². The number of imidazole rings is 1. The summed E-state index contributed by atoms with van der Waals surface area (Å²) in [5.41, 5.74) is 9.32. The second-order valence-electron chi connectivity index (χ2n) is 6.07. The van der Waals surface area contributed by atoms with Gasteiger partial charge in [0.15, 0.2) is 11.4 Å². The van der Waals surface area contributed by atoms with Crippen LogP contribution in [0.4, 0.5) is 10.1 Å². The number of benzene rings is 2. The van der Waals surface area contributed by atoms with Crippen LogP contribution in [0.25, 0.3) is 16.9 Å². The Kier molecular flexibility index (Phi) is 4.38. The molecule has 2 N–H and O–H groups in total. The minimum Gasteiger partial charge on any atom is -0.495 e. The van der Waals surface area contributed by atoms with E-state index < -0.39 is 0 Å². The maximum Gasteiger partial charge on any atom is 0.180 e. The number of nitrogens with two attached hydrogens (primary N) is 1. The molecule has 5 nitrogen and oxygen atoms in total. The van der Waals surface area contributed by atoms with E-state index in [0.29, 0.717) is 28.4 Å². The van der Waals surface area contributed by atoms with E-state index in [1.807, 2.05) is 47.1 Å². The first kappa shape index (κ1) is 16.9. The largest absolute Gasteiger partial charge is 0.495 e. The van der Waals surface area contributed by atoms with Crippen molar-refractivity contribution < 1.29 is 13.9 Å². The zero-order valence-corrected chi connectivity index (χ0v) is 14.7. The third-order valence-electron chi connectivity index (χ3n) is 4.31. The van der Waals surface area contributed by atoms with Crippen molar-refractivity contribution in [2.24, 2.45) is 0 Å². The van der Waals surface area contributed by atoms with Crippen LogP contribution in [-0.2, 0) is 6.61 Å². The molecule has 0 aliphatic heterocycles. The van der Waals surface area contributed by atoms with E-state index in [0.717, 1.165) is 11.3 Å². The van der Waals surface area contributed by atoms with Crippen LogP contribution >= 0.6 is 0 Å². The standard InChI is InChI=1S/C21H18FN3O2/c1-26-19-9-8-14(11-17(19)23)18-12-25-10-4-7-20(21(25)24-18)27-13-15-5-2-3-6-16(15)22/h2-12H,13,23H2,1H3. The van der Waals surface area contributed by atoms with E-state index >= 15 is 0 Å². The van der Waals surface area contributed by atoms with Gasteiger partial charge in [-0.3, -0.25) is 0 Å². The Morgan fingerprint density at radius 2 is 1.93 bits per heavy atom. The molecule has 0 amide bonds. The van der Waals surface area contributed by atoms with Gasteiger partial charge >= 0.3 is 0 Å². The van der Waals surface area contributed by atoms with Gasteiger partial charge in [0.2, 0.25) is 0 Å². The summed E-state index contributed by atoms with van der Waals surface area (Å²) >= 11 is 0. The molecule has 27 heavy (non-hydrogen) atoms. The number of anilines is 1. The van der Waals surface area contributed by atoms with Crippen LogP contribution < -0.4 is 15.2 Å². The van der Waals surface area contributed by atoms with Crippen molar-refractivity contribution in [2.45, 2.75) is 6.61 Å². The van der Waals surface area contributed by atoms with Gasteiger partial charge in [0.05, 0.1) is 18.5 Å². The number of hydrogen-bond acceptors (Lipinski definition) is 4. The van der Waals surface area contributed by atoms with Gasteiger partial charge in [0.1, 0.15) is 18.2 Å². The summed E-state index contributed by atoms with van der Waals surface area (Å²) in [6.45, 7) is 0.129. The Morgan fingerprint density at radius 3 is 2.70 bits per heavy atom. The molecule has 0 aliphatic rings. The average molecular weight is 363 g/mol. The molecule has 4 rings (SSSR count). The highest BCUT2D eigenvalue weighted by molar-refractivity contribution is 5.71. The minimum absolute atomic E-state index is 0.129. The van der Waals surface area contributed by atoms with Crippen LogP contribution in [0, 0.1) is 5.82 Å². The summed E-state index contributed by atoms with van der Waals surface area (Å²) in [6, 6.07) is 15.8. The summed E-state index contributed by atoms with van der Waals surface area (Å²) in [6.07, 6.45) is 3.78. The molecule has 2 aromatic heterocycles. The van der Waals surface area contributed by atoms with Crippen LogP contribution in [0.5, 0.6) is 11.5 Å². The Hall–Kier alpha value is -3.54. The lowest BCUT2D eigenvalue weighted by Gasteiger charge is -2.08. The fourth-order valence-electron chi connectivity index (χ4n) is 2.90. The van der Waals surface area contributed by atoms with Gasteiger partial charge < -0.3 is 19.6 Å². The molecular formula is C21H18FN3O2. The maximum atomic E-state index is 13.8. The van der Waals surface area contributed by atoms with Gasteiger partial charge in [0, 0.05) is 23.5 Å². The number of fused-ring (bicyclic) bond motifs is 1. The number of hydrogen-bond donors (Lipinski definition) is 1. The van der Waals surface area contributed by atoms with E-state index in [1.165, 1.54) is 6.07 Å². The van der Waals surface area contributed by atoms with Gasteiger partial charge in [-0.25, -0.2) is 9.37 Å². The van der Waals surface area contributed by atoms with E-state index in [-0.39, 0.29) is 12.4 Å². The van der Waals surface area contributed by atoms with Gasteiger partial charge in [-0.2, -0.15) is 0 Å². The third-order valence-corrected chi connectivity index (χ3v) is 4.31. The quantitative estimate of drug-likeness (QED) is 0.537. The summed E-state index contributed by atoms with van der Waals surface area (Å²) in [5.74, 6) is 0.909. The van der Waals surface area contributed by atoms with Crippen molar-refractivity contribution >= 4 is 11.3 Å². The topological polar surface area (TPSA) is 61.8 Å². The summed E-state index contributed by atoms with van der Waals surface area (Å²) in [7, 11) is 1.58. The normalized spacial score (nSPS) is 10.9. The lowest BCUT2D eigenvalue weighted by Crippen LogP contribution is -1.99. The molecule has 0 saturated carbocycles. The average Bonchev–Trinajstić information content (AvgIpc) is 3.12. The molecule has 6 heteroatoms. The van der Waals surface area contributed by atoms with Crippen molar-refractivity contribution in [3.8, 4) is 22.8 Å². The Bertz CT molecular complexity index is 1110. The van der Waals surface area contributed by atoms with Crippen molar-refractivity contribution in [1.82, 2.24) is 9.38 Å². The van der Waals surface area contributed by atoms with Gasteiger partial charge in [-0.05, 0) is 36.4 Å². The molecule has 0 fully saturated rings. The summed E-state index contributed by atoms with van der Waals surface area (Å²) in [5, 5.41) is 0. The lowest BCUT2D eigenvalue weighted by molar-refractivity contribution is 0.301. The van der Waals surface area contributed by atoms with Gasteiger partial charge in [-0.15, -0.1) is 0 Å². The second-order valence-corrected chi connectivity index (χ2v) is 6.07. The van der Waals surface area contributed by atoms with Gasteiger partial charge in [-0.1, -0.05) is 18.2 Å². The molecule has 0 aliphatic carbocycles. The molecule has 0 unspecified atom stereocenters. The zero-order valence-electron chi connectivity index (χ0n) is 14.7. The molecule has 0 bridgehead atoms. The van der Waals surface area contributed by atoms with E-state index in [9.17, 15) is 4.39 Å². The number of nitrogens with zero attached hydrogens (tertiary/aromatic N) is 2. The van der Waals surface area contributed by atoms with Crippen molar-refractivity contribution in [1.29, 1.82) is 0 Å². The lowest BCUT2D eigenvalue weighted by atomic mass is 10.1. The van der Waals surface area contributed by atoms with E-state index in [1.54, 1.807) is 25.3 Å². The molecule has 136 valence electrons. The predicted molar refractivity (Wildman–Crippen MR) is 102 cm³/mol. The first-order valence-corrected chi connectivity index (χ1v) is 8.43. The SMILES string of the molecule is COc1ccc(-c2cn3cccc(OCc4ccccc4F)c3n2)cc1N. The molecule has 4 aromatic rings. The highest BCUT2D eigenvalue weighted by Gasteiger charge is 2.11. The molecule has 2 aromatic carbocycles. The number of rotatable bonds is 5. The Morgan fingerprint density at radius 1 is 1.07 bits per heavy atom. The Balaban J connectivity index is 1.66.